The first-order valence-electron chi connectivity index (χ1n) is 19.9. The molecule has 2 aliphatic heterocycles. The first kappa shape index (κ1) is 40.0. The Labute approximate surface area is 358 Å². The lowest BCUT2D eigenvalue weighted by Gasteiger charge is -2.27. The van der Waals surface area contributed by atoms with Gasteiger partial charge < -0.3 is 15.4 Å². The number of carbonyl (C=O) groups excluding carboxylic acids is 5. The highest BCUT2D eigenvalue weighted by atomic mass is 35.5. The van der Waals surface area contributed by atoms with Crippen molar-refractivity contribution in [3.63, 3.8) is 0 Å². The van der Waals surface area contributed by atoms with E-state index in [2.05, 4.69) is 41.5 Å². The Morgan fingerprint density at radius 1 is 0.855 bits per heavy atom. The van der Waals surface area contributed by atoms with Crippen LogP contribution in [0.3, 0.4) is 0 Å². The van der Waals surface area contributed by atoms with Gasteiger partial charge in [-0.15, -0.1) is 0 Å². The van der Waals surface area contributed by atoms with Crippen LogP contribution in [0.5, 0.6) is 0 Å². The van der Waals surface area contributed by atoms with E-state index in [0.717, 1.165) is 42.9 Å². The van der Waals surface area contributed by atoms with Crippen LogP contribution in [-0.4, -0.2) is 86.4 Å². The quantitative estimate of drug-likeness (QED) is 0.0816. The predicted octanol–water partition coefficient (Wildman–Crippen LogP) is 5.38. The van der Waals surface area contributed by atoms with Crippen LogP contribution in [0.25, 0.3) is 29.1 Å². The highest BCUT2D eigenvalue weighted by molar-refractivity contribution is 6.30. The zero-order chi connectivity index (χ0) is 43.3. The first-order valence-corrected chi connectivity index (χ1v) is 20.3. The molecule has 62 heavy (non-hydrogen) atoms. The van der Waals surface area contributed by atoms with Gasteiger partial charge in [-0.1, -0.05) is 11.6 Å². The van der Waals surface area contributed by atoms with E-state index in [1.165, 1.54) is 10.7 Å². The van der Waals surface area contributed by atoms with Crippen molar-refractivity contribution in [2.45, 2.75) is 77.0 Å². The molecule has 0 spiro atoms. The number of hydrogen-bond donors (Lipinski definition) is 4. The maximum Gasteiger partial charge on any atom is 0.416 e. The zero-order valence-corrected chi connectivity index (χ0v) is 34.5. The summed E-state index contributed by atoms with van der Waals surface area (Å²) >= 11 is 6.24. The third-order valence-electron chi connectivity index (χ3n) is 9.99. The zero-order valence-electron chi connectivity index (χ0n) is 33.8. The molecule has 0 atom stereocenters. The summed E-state index contributed by atoms with van der Waals surface area (Å²) in [5, 5.41) is 24.6. The van der Waals surface area contributed by atoms with Crippen molar-refractivity contribution in [2.24, 2.45) is 0 Å². The van der Waals surface area contributed by atoms with Gasteiger partial charge in [0.05, 0.1) is 30.9 Å². The second-order valence-electron chi connectivity index (χ2n) is 16.2. The monoisotopic (exact) mass is 857 g/mol. The summed E-state index contributed by atoms with van der Waals surface area (Å²) < 4.78 is 10.6. The number of aromatic nitrogens is 8. The van der Waals surface area contributed by atoms with Crippen molar-refractivity contribution < 1.29 is 28.7 Å². The molecular formula is C42H40ClN13O6. The Hall–Kier alpha value is -7.41. The molecule has 2 saturated carbocycles. The van der Waals surface area contributed by atoms with Crippen molar-refractivity contribution in [2.75, 3.05) is 15.5 Å². The molecule has 316 valence electrons. The summed E-state index contributed by atoms with van der Waals surface area (Å²) in [6.07, 6.45) is 13.5. The standard InChI is InChI=1S/C23H20N8O2.C19H20ClN5O4/c32-21-11-14(23(33)29-21)10-15-13-25-31-20(27-17-2-3-17)12-19(28-22(15)31)26-16-4-6-18(7-5-16)30-9-1-8-24-30;1-19(2,3)29-18(28)24(12-4-5-12)15-8-13(20)22-16-11(9-21-25(15)16)6-10-7-14(26)23-17(10)27/h1,4-10,12-13,17,27H,2-3,11H2,(H,26,28)(H,29,32,33);6,8-9,12H,4-5,7H2,1-3H3,(H,23,26,27)/b14-10+;10-6+. The summed E-state index contributed by atoms with van der Waals surface area (Å²) in [4.78, 5) is 70.3. The molecule has 5 aromatic heterocycles. The fourth-order valence-corrected chi connectivity index (χ4v) is 7.03. The number of nitrogens with zero attached hydrogens (tertiary/aromatic N) is 9. The molecule has 4 aliphatic rings. The summed E-state index contributed by atoms with van der Waals surface area (Å²) in [6, 6.07) is 13.6. The van der Waals surface area contributed by atoms with E-state index in [9.17, 15) is 24.0 Å². The van der Waals surface area contributed by atoms with E-state index >= 15 is 0 Å². The average Bonchev–Trinajstić information content (AvgIpc) is 3.94. The number of benzene rings is 1. The minimum atomic E-state index is -0.651. The SMILES string of the molecule is CC(C)(C)OC(=O)N(c1cc(Cl)nc2c(/C=C3\CC(=O)NC3=O)cnn12)C1CC1.O=C1C/C(=C\c2cnn3c(NC4CC4)cc(Nc4ccc(-n5cccn5)cc4)nc23)C(=O)N1. The third kappa shape index (κ3) is 8.73. The van der Waals surface area contributed by atoms with Crippen molar-refractivity contribution in [1.29, 1.82) is 0 Å². The van der Waals surface area contributed by atoms with Crippen molar-refractivity contribution in [1.82, 2.24) is 49.6 Å². The van der Waals surface area contributed by atoms with Gasteiger partial charge in [0.25, 0.3) is 11.8 Å². The molecule has 7 heterocycles. The fraction of sp³-hybridized carbons (Fsp3) is 0.286. The van der Waals surface area contributed by atoms with Crippen LogP contribution in [0.15, 0.2) is 78.4 Å². The number of ether oxygens (including phenoxy) is 1. The molecule has 6 aromatic rings. The smallest absolute Gasteiger partial charge is 0.416 e. The number of imide groups is 2. The highest BCUT2D eigenvalue weighted by Crippen LogP contribution is 2.35. The highest BCUT2D eigenvalue weighted by Gasteiger charge is 2.38. The number of anilines is 4. The number of halogens is 1. The first-order chi connectivity index (χ1) is 29.7. The van der Waals surface area contributed by atoms with Gasteiger partial charge >= 0.3 is 6.09 Å². The van der Waals surface area contributed by atoms with Gasteiger partial charge in [-0.05, 0) is 88.9 Å². The summed E-state index contributed by atoms with van der Waals surface area (Å²) in [6.45, 7) is 5.41. The molecule has 19 nitrogen and oxygen atoms in total. The van der Waals surface area contributed by atoms with Crippen LogP contribution in [-0.2, 0) is 23.9 Å². The Kier molecular flexibility index (Phi) is 10.3. The molecule has 5 amide bonds. The number of carbonyl (C=O) groups is 5. The van der Waals surface area contributed by atoms with Crippen LogP contribution in [0, 0.1) is 0 Å². The molecule has 0 bridgehead atoms. The Morgan fingerprint density at radius 3 is 2.03 bits per heavy atom. The maximum absolute atomic E-state index is 12.9. The maximum atomic E-state index is 12.9. The van der Waals surface area contributed by atoms with Crippen molar-refractivity contribution in [3.8, 4) is 5.69 Å². The third-order valence-corrected chi connectivity index (χ3v) is 10.2. The van der Waals surface area contributed by atoms with Crippen LogP contribution < -0.4 is 26.2 Å². The van der Waals surface area contributed by atoms with Crippen LogP contribution in [0.2, 0.25) is 5.15 Å². The lowest BCUT2D eigenvalue weighted by molar-refractivity contribution is -0.125. The van der Waals surface area contributed by atoms with Gasteiger partial charge in [0.2, 0.25) is 11.8 Å². The lowest BCUT2D eigenvalue weighted by Crippen LogP contribution is -2.39. The fourth-order valence-electron chi connectivity index (χ4n) is 6.85. The van der Waals surface area contributed by atoms with Crippen molar-refractivity contribution >= 4 is 87.9 Å². The predicted molar refractivity (Wildman–Crippen MR) is 228 cm³/mol. The van der Waals surface area contributed by atoms with Gasteiger partial charge in [0.15, 0.2) is 11.3 Å². The molecule has 4 N–H and O–H groups in total. The molecule has 2 aliphatic carbocycles. The molecule has 0 unspecified atom stereocenters. The molecular weight excluding hydrogens is 818 g/mol. The summed E-state index contributed by atoms with van der Waals surface area (Å²) in [5.41, 5.74) is 4.07. The van der Waals surface area contributed by atoms with Crippen LogP contribution in [0.1, 0.15) is 70.4 Å². The van der Waals surface area contributed by atoms with Gasteiger partial charge in [-0.25, -0.2) is 19.4 Å². The molecule has 4 fully saturated rings. The van der Waals surface area contributed by atoms with Gasteiger partial charge in [-0.2, -0.15) is 24.3 Å². The Balaban J connectivity index is 0.000000160. The lowest BCUT2D eigenvalue weighted by atomic mass is 10.1. The van der Waals surface area contributed by atoms with Crippen molar-refractivity contribution in [3.05, 3.63) is 94.7 Å². The van der Waals surface area contributed by atoms with Crippen LogP contribution >= 0.6 is 11.6 Å². The van der Waals surface area contributed by atoms with Gasteiger partial charge in [0.1, 0.15) is 28.2 Å². The van der Waals surface area contributed by atoms with Crippen LogP contribution in [0.4, 0.5) is 27.9 Å². The van der Waals surface area contributed by atoms with Gasteiger partial charge in [-0.3, -0.25) is 34.7 Å². The van der Waals surface area contributed by atoms with E-state index in [4.69, 9.17) is 21.3 Å². The normalized spacial score (nSPS) is 17.7. The second-order valence-corrected chi connectivity index (χ2v) is 16.6. The second kappa shape index (κ2) is 15.9. The van der Waals surface area contributed by atoms with E-state index in [1.807, 2.05) is 42.6 Å². The number of rotatable bonds is 9. The minimum absolute atomic E-state index is 0.00393. The molecule has 2 saturated heterocycles. The molecule has 0 radical (unpaired) electrons. The molecule has 1 aromatic carbocycles. The topological polar surface area (TPSA) is 224 Å². The van der Waals surface area contributed by atoms with E-state index < -0.39 is 17.6 Å². The number of nitrogens with one attached hydrogen (secondary N) is 4. The van der Waals surface area contributed by atoms with E-state index in [-0.39, 0.29) is 41.8 Å². The molecule has 20 heteroatoms. The Morgan fingerprint density at radius 2 is 1.48 bits per heavy atom. The minimum Gasteiger partial charge on any atom is -0.443 e. The largest absolute Gasteiger partial charge is 0.443 e. The van der Waals surface area contributed by atoms with E-state index in [1.54, 1.807) is 65.5 Å². The summed E-state index contributed by atoms with van der Waals surface area (Å²) in [5.74, 6) is 0.432. The van der Waals surface area contributed by atoms with E-state index in [0.29, 0.717) is 51.2 Å². The Bertz CT molecular complexity index is 2850. The number of amides is 5. The summed E-state index contributed by atoms with van der Waals surface area (Å²) in [7, 11) is 0. The van der Waals surface area contributed by atoms with Gasteiger partial charge in [0, 0.05) is 64.6 Å². The average molecular weight is 858 g/mol. The number of fused-ring (bicyclic) bond motifs is 2. The number of hydrogen-bond acceptors (Lipinski definition) is 13. The molecule has 10 rings (SSSR count).